The molecule has 2 fully saturated rings. The zero-order valence-corrected chi connectivity index (χ0v) is 11.9. The van der Waals surface area contributed by atoms with Crippen molar-refractivity contribution in [3.63, 3.8) is 0 Å². The number of hydrogen-bond donors (Lipinski definition) is 0. The molecule has 92 valence electrons. The normalized spacial score (nSPS) is 34.8. The maximum absolute atomic E-state index is 13.8. The average Bonchev–Trinajstić information content (AvgIpc) is 2.91. The Morgan fingerprint density at radius 2 is 2.06 bits per heavy atom. The van der Waals surface area contributed by atoms with E-state index in [0.29, 0.717) is 5.02 Å². The summed E-state index contributed by atoms with van der Waals surface area (Å²) in [6.45, 7) is 0. The molecule has 2 aliphatic rings. The smallest absolute Gasteiger partial charge is 0.127 e. The largest absolute Gasteiger partial charge is 0.207 e. The lowest BCUT2D eigenvalue weighted by atomic mass is 9.79. The van der Waals surface area contributed by atoms with Gasteiger partial charge in [0.15, 0.2) is 0 Å². The molecule has 0 amide bonds. The van der Waals surface area contributed by atoms with Crippen molar-refractivity contribution in [2.75, 3.05) is 5.33 Å². The van der Waals surface area contributed by atoms with E-state index in [1.54, 1.807) is 6.07 Å². The van der Waals surface area contributed by atoms with Gasteiger partial charge in [-0.25, -0.2) is 4.39 Å². The van der Waals surface area contributed by atoms with Gasteiger partial charge in [-0.05, 0) is 60.6 Å². The van der Waals surface area contributed by atoms with Gasteiger partial charge in [0.05, 0.1) is 0 Å². The second-order valence-electron chi connectivity index (χ2n) is 5.71. The third-order valence-corrected chi connectivity index (χ3v) is 5.75. The second kappa shape index (κ2) is 4.24. The molecular weight excluding hydrogens is 303 g/mol. The Kier molecular flexibility index (Phi) is 2.99. The summed E-state index contributed by atoms with van der Waals surface area (Å²) in [6, 6.07) is 5.05. The van der Waals surface area contributed by atoms with Crippen molar-refractivity contribution in [1.29, 1.82) is 0 Å². The predicted octanol–water partition coefficient (Wildman–Crippen LogP) is 4.83. The zero-order valence-electron chi connectivity index (χ0n) is 9.56. The highest BCUT2D eigenvalue weighted by Gasteiger charge is 2.53. The molecule has 2 saturated carbocycles. The highest BCUT2D eigenvalue weighted by atomic mass is 79.9. The van der Waals surface area contributed by atoms with Crippen molar-refractivity contribution in [3.8, 4) is 0 Å². The lowest BCUT2D eigenvalue weighted by molar-refractivity contribution is 0.304. The molecule has 3 rings (SSSR count). The van der Waals surface area contributed by atoms with Gasteiger partial charge in [0.1, 0.15) is 5.82 Å². The van der Waals surface area contributed by atoms with E-state index in [1.165, 1.54) is 25.3 Å². The summed E-state index contributed by atoms with van der Waals surface area (Å²) in [5.74, 6) is 1.68. The van der Waals surface area contributed by atoms with Gasteiger partial charge >= 0.3 is 0 Å². The summed E-state index contributed by atoms with van der Waals surface area (Å²) in [5, 5.41) is 1.46. The monoisotopic (exact) mass is 316 g/mol. The Morgan fingerprint density at radius 1 is 1.35 bits per heavy atom. The first-order valence-electron chi connectivity index (χ1n) is 6.12. The van der Waals surface area contributed by atoms with Crippen LogP contribution in [0, 0.1) is 23.1 Å². The average molecular weight is 318 g/mol. The molecule has 0 saturated heterocycles. The van der Waals surface area contributed by atoms with E-state index >= 15 is 0 Å². The van der Waals surface area contributed by atoms with Crippen molar-refractivity contribution >= 4 is 27.5 Å². The summed E-state index contributed by atoms with van der Waals surface area (Å²) < 4.78 is 13.8. The minimum absolute atomic E-state index is 0.154. The predicted molar refractivity (Wildman–Crippen MR) is 72.2 cm³/mol. The fraction of sp³-hybridized carbons (Fsp3) is 0.571. The first-order chi connectivity index (χ1) is 8.12. The molecular formula is C14H15BrClF. The number of fused-ring (bicyclic) bond motifs is 1. The van der Waals surface area contributed by atoms with Crippen LogP contribution in [0.25, 0.3) is 0 Å². The molecule has 0 aromatic heterocycles. The minimum Gasteiger partial charge on any atom is -0.207 e. The Morgan fingerprint density at radius 3 is 2.65 bits per heavy atom. The quantitative estimate of drug-likeness (QED) is 0.700. The van der Waals surface area contributed by atoms with Gasteiger partial charge in [-0.2, -0.15) is 0 Å². The van der Waals surface area contributed by atoms with E-state index in [2.05, 4.69) is 15.9 Å². The maximum atomic E-state index is 13.8. The second-order valence-corrected chi connectivity index (χ2v) is 6.71. The first-order valence-corrected chi connectivity index (χ1v) is 7.62. The van der Waals surface area contributed by atoms with Gasteiger partial charge < -0.3 is 0 Å². The molecule has 0 heterocycles. The van der Waals surface area contributed by atoms with Gasteiger partial charge in [0, 0.05) is 10.4 Å². The van der Waals surface area contributed by atoms with Gasteiger partial charge in [-0.3, -0.25) is 0 Å². The molecule has 2 aliphatic carbocycles. The Labute approximate surface area is 115 Å². The standard InChI is InChI=1S/C14H15BrClF/c15-8-14(6-10-3-11(10)7-14)5-9-1-2-12(16)4-13(9)17/h1-2,4,10-11H,3,5-8H2. The van der Waals surface area contributed by atoms with Crippen LogP contribution in [0.15, 0.2) is 18.2 Å². The van der Waals surface area contributed by atoms with Crippen LogP contribution in [0.4, 0.5) is 4.39 Å². The minimum atomic E-state index is -0.154. The van der Waals surface area contributed by atoms with Crippen LogP contribution in [-0.2, 0) is 6.42 Å². The summed E-state index contributed by atoms with van der Waals surface area (Å²) in [7, 11) is 0. The summed E-state index contributed by atoms with van der Waals surface area (Å²) in [5.41, 5.74) is 1.09. The van der Waals surface area contributed by atoms with Gasteiger partial charge in [0.2, 0.25) is 0 Å². The number of rotatable bonds is 3. The third-order valence-electron chi connectivity index (χ3n) is 4.32. The van der Waals surface area contributed by atoms with Crippen LogP contribution in [0.3, 0.4) is 0 Å². The number of hydrogen-bond acceptors (Lipinski definition) is 0. The molecule has 2 atom stereocenters. The fourth-order valence-corrected chi connectivity index (χ4v) is 4.19. The van der Waals surface area contributed by atoms with E-state index in [-0.39, 0.29) is 11.2 Å². The molecule has 0 nitrogen and oxygen atoms in total. The molecule has 1 aromatic carbocycles. The van der Waals surface area contributed by atoms with Crippen LogP contribution in [0.2, 0.25) is 5.02 Å². The molecule has 0 radical (unpaired) electrons. The lowest BCUT2D eigenvalue weighted by Gasteiger charge is -2.29. The van der Waals surface area contributed by atoms with E-state index in [1.807, 2.05) is 6.07 Å². The third kappa shape index (κ3) is 2.26. The molecule has 1 aromatic rings. The van der Waals surface area contributed by atoms with E-state index in [4.69, 9.17) is 11.6 Å². The maximum Gasteiger partial charge on any atom is 0.127 e. The topological polar surface area (TPSA) is 0 Å². The first kappa shape index (κ1) is 12.0. The zero-order chi connectivity index (χ0) is 12.0. The molecule has 3 heteroatoms. The summed E-state index contributed by atoms with van der Waals surface area (Å²) in [4.78, 5) is 0. The van der Waals surface area contributed by atoms with Crippen molar-refractivity contribution in [2.24, 2.45) is 17.3 Å². The van der Waals surface area contributed by atoms with E-state index in [9.17, 15) is 4.39 Å². The number of halogens is 3. The molecule has 0 bridgehead atoms. The highest BCUT2D eigenvalue weighted by molar-refractivity contribution is 9.09. The molecule has 0 aliphatic heterocycles. The van der Waals surface area contributed by atoms with Crippen molar-refractivity contribution in [2.45, 2.75) is 25.7 Å². The Hall–Kier alpha value is -0.0800. The molecule has 0 spiro atoms. The molecule has 2 unspecified atom stereocenters. The van der Waals surface area contributed by atoms with Crippen LogP contribution >= 0.6 is 27.5 Å². The highest BCUT2D eigenvalue weighted by Crippen LogP contribution is 2.61. The van der Waals surface area contributed by atoms with Gasteiger partial charge in [-0.1, -0.05) is 33.6 Å². The lowest BCUT2D eigenvalue weighted by Crippen LogP contribution is -2.24. The van der Waals surface area contributed by atoms with Crippen molar-refractivity contribution < 1.29 is 4.39 Å². The van der Waals surface area contributed by atoms with Crippen LogP contribution < -0.4 is 0 Å². The van der Waals surface area contributed by atoms with Gasteiger partial charge in [0.25, 0.3) is 0 Å². The fourth-order valence-electron chi connectivity index (χ4n) is 3.38. The van der Waals surface area contributed by atoms with Crippen LogP contribution in [0.1, 0.15) is 24.8 Å². The SMILES string of the molecule is Fc1cc(Cl)ccc1CC1(CBr)CC2CC2C1. The molecule has 0 N–H and O–H groups in total. The van der Waals surface area contributed by atoms with Crippen LogP contribution in [-0.4, -0.2) is 5.33 Å². The van der Waals surface area contributed by atoms with Crippen LogP contribution in [0.5, 0.6) is 0 Å². The van der Waals surface area contributed by atoms with E-state index in [0.717, 1.165) is 29.2 Å². The summed E-state index contributed by atoms with van der Waals surface area (Å²) >= 11 is 9.41. The van der Waals surface area contributed by atoms with E-state index < -0.39 is 0 Å². The molecule has 17 heavy (non-hydrogen) atoms. The number of alkyl halides is 1. The Balaban J connectivity index is 1.81. The van der Waals surface area contributed by atoms with Gasteiger partial charge in [-0.15, -0.1) is 0 Å². The summed E-state index contributed by atoms with van der Waals surface area (Å²) in [6.07, 6.45) is 4.75. The van der Waals surface area contributed by atoms with Crippen molar-refractivity contribution in [3.05, 3.63) is 34.6 Å². The number of benzene rings is 1. The Bertz CT molecular complexity index is 436. The van der Waals surface area contributed by atoms with Crippen molar-refractivity contribution in [1.82, 2.24) is 0 Å².